The number of ether oxygens (including phenoxy) is 1. The third kappa shape index (κ3) is 7.60. The van der Waals surface area contributed by atoms with E-state index in [9.17, 15) is 22.8 Å². The fourth-order valence-corrected chi connectivity index (χ4v) is 5.21. The highest BCUT2D eigenvalue weighted by Crippen LogP contribution is 2.37. The van der Waals surface area contributed by atoms with E-state index in [1.165, 1.54) is 30.3 Å². The first-order valence-corrected chi connectivity index (χ1v) is 14.3. The molecule has 236 valence electrons. The third-order valence-electron chi connectivity index (χ3n) is 7.22. The lowest BCUT2D eigenvalue weighted by molar-refractivity contribution is -0.144. The first-order valence-electron chi connectivity index (χ1n) is 13.9. The Morgan fingerprint density at radius 3 is 2.69 bits per heavy atom. The second-order valence-electron chi connectivity index (χ2n) is 10.3. The van der Waals surface area contributed by atoms with Crippen molar-refractivity contribution in [3.8, 4) is 16.9 Å². The number of aryl methyl sites for hydroxylation is 1. The number of hydrogen-bond donors (Lipinski definition) is 4. The largest absolute Gasteiger partial charge is 0.453 e. The number of alkyl halides is 3. The molecule has 0 fully saturated rings. The molecule has 0 aliphatic carbocycles. The highest BCUT2D eigenvalue weighted by molar-refractivity contribution is 6.30. The van der Waals surface area contributed by atoms with Gasteiger partial charge in [0, 0.05) is 39.3 Å². The van der Waals surface area contributed by atoms with Crippen molar-refractivity contribution in [2.75, 3.05) is 17.7 Å². The molecule has 0 radical (unpaired) electrons. The Morgan fingerprint density at radius 1 is 1.16 bits per heavy atom. The number of halogens is 4. The minimum Gasteiger partial charge on any atom is -0.453 e. The quantitative estimate of drug-likeness (QED) is 0.194. The molecule has 4 N–H and O–H groups in total. The normalized spacial score (nSPS) is 17.0. The molecule has 16 heteroatoms. The SMILES string of the molecule is COC(=O)Nc1ccc2c(c1)NC(C(F)(F)F)CCCC[C@H](NC(=O)/C=C/c1cc(Cl)ccc1-n1cnnn1)c1nc-2c(C)[nH]1. The van der Waals surface area contributed by atoms with Crippen LogP contribution >= 0.6 is 11.6 Å². The van der Waals surface area contributed by atoms with E-state index in [1.54, 1.807) is 43.3 Å². The summed E-state index contributed by atoms with van der Waals surface area (Å²) in [7, 11) is 1.19. The first kappa shape index (κ1) is 31.5. The zero-order valence-corrected chi connectivity index (χ0v) is 24.9. The number of rotatable bonds is 5. The maximum absolute atomic E-state index is 14.1. The molecular weight excluding hydrogens is 615 g/mol. The summed E-state index contributed by atoms with van der Waals surface area (Å²) in [6, 6.07) is 7.10. The average Bonchev–Trinajstić information content (AvgIpc) is 3.66. The third-order valence-corrected chi connectivity index (χ3v) is 7.45. The molecule has 1 aliphatic heterocycles. The fourth-order valence-electron chi connectivity index (χ4n) is 5.03. The highest BCUT2D eigenvalue weighted by Gasteiger charge is 2.40. The lowest BCUT2D eigenvalue weighted by Crippen LogP contribution is -2.36. The second kappa shape index (κ2) is 13.4. The Labute approximate surface area is 260 Å². The van der Waals surface area contributed by atoms with Gasteiger partial charge in [-0.2, -0.15) is 17.9 Å². The van der Waals surface area contributed by atoms with Crippen LogP contribution in [0.3, 0.4) is 0 Å². The standard InChI is InChI=1S/C29H29ClF3N9O3/c1-16-26-20-10-9-19(36-28(44)45-2)14-22(20)37-24(29(31,32)33)6-4-3-5-21(27(35-16)39-26)38-25(43)12-7-17-13-18(30)8-11-23(17)42-15-34-40-41-42/h7-15,21,24,37H,3-6H2,1-2H3,(H,35,39)(H,36,44)(H,38,43)/b12-7+/t21-,24?/m0/s1. The van der Waals surface area contributed by atoms with Crippen LogP contribution in [0.15, 0.2) is 48.8 Å². The van der Waals surface area contributed by atoms with E-state index < -0.39 is 30.3 Å². The molecule has 12 nitrogen and oxygen atoms in total. The lowest BCUT2D eigenvalue weighted by Gasteiger charge is -2.25. The molecule has 2 atom stereocenters. The Hall–Kier alpha value is -4.92. The molecule has 45 heavy (non-hydrogen) atoms. The van der Waals surface area contributed by atoms with Crippen molar-refractivity contribution in [1.82, 2.24) is 35.5 Å². The number of imidazole rings is 1. The number of benzene rings is 2. The van der Waals surface area contributed by atoms with Gasteiger partial charge in [-0.05, 0) is 72.7 Å². The van der Waals surface area contributed by atoms with Gasteiger partial charge in [0.05, 0.1) is 24.5 Å². The smallest absolute Gasteiger partial charge is 0.411 e. The van der Waals surface area contributed by atoms with Gasteiger partial charge in [-0.15, -0.1) is 5.10 Å². The van der Waals surface area contributed by atoms with Gasteiger partial charge in [0.15, 0.2) is 0 Å². The monoisotopic (exact) mass is 643 g/mol. The van der Waals surface area contributed by atoms with E-state index in [2.05, 4.69) is 41.2 Å². The van der Waals surface area contributed by atoms with E-state index in [1.807, 2.05) is 0 Å². The lowest BCUT2D eigenvalue weighted by atomic mass is 10.0. The number of anilines is 2. The van der Waals surface area contributed by atoms with E-state index >= 15 is 0 Å². The predicted molar refractivity (Wildman–Crippen MR) is 161 cm³/mol. The number of amides is 2. The maximum Gasteiger partial charge on any atom is 0.411 e. The van der Waals surface area contributed by atoms with Crippen molar-refractivity contribution in [3.05, 3.63) is 70.9 Å². The Kier molecular flexibility index (Phi) is 9.37. The van der Waals surface area contributed by atoms with Gasteiger partial charge in [0.2, 0.25) is 5.91 Å². The van der Waals surface area contributed by atoms with Gasteiger partial charge in [0.25, 0.3) is 0 Å². The highest BCUT2D eigenvalue weighted by atomic mass is 35.5. The number of carbonyl (C=O) groups is 2. The molecule has 0 saturated carbocycles. The molecule has 1 unspecified atom stereocenters. The van der Waals surface area contributed by atoms with Crippen LogP contribution in [0.4, 0.5) is 29.3 Å². The van der Waals surface area contributed by atoms with Crippen molar-refractivity contribution in [2.45, 2.75) is 50.9 Å². The summed E-state index contributed by atoms with van der Waals surface area (Å²) in [6.07, 6.45) is -0.240. The number of tetrazole rings is 1. The summed E-state index contributed by atoms with van der Waals surface area (Å²) >= 11 is 6.18. The number of methoxy groups -OCH3 is 1. The fraction of sp³-hybridized carbons (Fsp3) is 0.310. The summed E-state index contributed by atoms with van der Waals surface area (Å²) in [4.78, 5) is 32.8. The number of aromatic nitrogens is 6. The molecule has 2 aromatic heterocycles. The zero-order chi connectivity index (χ0) is 32.1. The van der Waals surface area contributed by atoms with Crippen molar-refractivity contribution in [2.24, 2.45) is 0 Å². The van der Waals surface area contributed by atoms with Crippen molar-refractivity contribution in [1.29, 1.82) is 0 Å². The number of nitrogens with one attached hydrogen (secondary N) is 4. The predicted octanol–water partition coefficient (Wildman–Crippen LogP) is 5.98. The van der Waals surface area contributed by atoms with Crippen LogP contribution in [0.2, 0.25) is 5.02 Å². The van der Waals surface area contributed by atoms with Crippen molar-refractivity contribution in [3.63, 3.8) is 0 Å². The maximum atomic E-state index is 14.1. The minimum atomic E-state index is -4.54. The molecule has 3 heterocycles. The molecular formula is C29H29ClF3N9O3. The number of hydrogen-bond acceptors (Lipinski definition) is 8. The number of aromatic amines is 1. The van der Waals surface area contributed by atoms with E-state index in [4.69, 9.17) is 16.6 Å². The van der Waals surface area contributed by atoms with Crippen LogP contribution in [-0.4, -0.2) is 61.5 Å². The number of nitrogens with zero attached hydrogens (tertiary/aromatic N) is 5. The van der Waals surface area contributed by atoms with Crippen LogP contribution in [0.5, 0.6) is 0 Å². The average molecular weight is 644 g/mol. The van der Waals surface area contributed by atoms with E-state index in [0.717, 1.165) is 0 Å². The summed E-state index contributed by atoms with van der Waals surface area (Å²) in [6.45, 7) is 1.75. The molecule has 0 saturated heterocycles. The van der Waals surface area contributed by atoms with Crippen molar-refractivity contribution < 1.29 is 27.5 Å². The Balaban J connectivity index is 1.45. The van der Waals surface area contributed by atoms with Gasteiger partial charge < -0.3 is 20.4 Å². The summed E-state index contributed by atoms with van der Waals surface area (Å²) in [5.74, 6) is 0.0103. The van der Waals surface area contributed by atoms with Gasteiger partial charge >= 0.3 is 12.3 Å². The Bertz CT molecular complexity index is 1710. The van der Waals surface area contributed by atoms with Crippen LogP contribution in [-0.2, 0) is 9.53 Å². The summed E-state index contributed by atoms with van der Waals surface area (Å²) in [5.41, 5.74) is 2.94. The number of carbonyl (C=O) groups excluding carboxylic acids is 2. The number of H-pyrrole nitrogens is 1. The van der Waals surface area contributed by atoms with E-state index in [0.29, 0.717) is 51.9 Å². The summed E-state index contributed by atoms with van der Waals surface area (Å²) < 4.78 is 48.4. The van der Waals surface area contributed by atoms with Gasteiger partial charge in [-0.25, -0.2) is 9.78 Å². The zero-order valence-electron chi connectivity index (χ0n) is 24.2. The summed E-state index contributed by atoms with van der Waals surface area (Å²) in [5, 5.41) is 19.7. The Morgan fingerprint density at radius 2 is 1.96 bits per heavy atom. The first-order chi connectivity index (χ1) is 21.5. The molecule has 0 spiro atoms. The van der Waals surface area contributed by atoms with E-state index in [-0.39, 0.29) is 24.2 Å². The second-order valence-corrected chi connectivity index (χ2v) is 10.8. The van der Waals surface area contributed by atoms with Gasteiger partial charge in [-0.1, -0.05) is 24.4 Å². The van der Waals surface area contributed by atoms with Crippen LogP contribution in [0.25, 0.3) is 23.0 Å². The topological polar surface area (TPSA) is 152 Å². The molecule has 5 rings (SSSR count). The van der Waals surface area contributed by atoms with Crippen LogP contribution < -0.4 is 16.0 Å². The number of fused-ring (bicyclic) bond motifs is 4. The molecule has 2 bridgehead atoms. The molecule has 1 aliphatic rings. The van der Waals surface area contributed by atoms with Gasteiger partial charge in [-0.3, -0.25) is 10.1 Å². The molecule has 2 amide bonds. The molecule has 2 aromatic carbocycles. The van der Waals surface area contributed by atoms with Crippen LogP contribution in [0, 0.1) is 6.92 Å². The minimum absolute atomic E-state index is 0.136. The van der Waals surface area contributed by atoms with Crippen LogP contribution in [0.1, 0.15) is 48.8 Å². The molecule has 4 aromatic rings. The van der Waals surface area contributed by atoms with Crippen molar-refractivity contribution >= 4 is 41.1 Å². The van der Waals surface area contributed by atoms with Gasteiger partial charge in [0.1, 0.15) is 18.2 Å².